The highest BCUT2D eigenvalue weighted by Gasteiger charge is 2.08. The van der Waals surface area contributed by atoms with Crippen LogP contribution in [0.3, 0.4) is 0 Å². The van der Waals surface area contributed by atoms with Crippen LogP contribution in [-0.4, -0.2) is 15.7 Å². The third kappa shape index (κ3) is 2.45. The summed E-state index contributed by atoms with van der Waals surface area (Å²) in [5, 5.41) is 8.10. The Morgan fingerprint density at radius 3 is 2.81 bits per heavy atom. The largest absolute Gasteiger partial charge is 0.398 e. The van der Waals surface area contributed by atoms with Gasteiger partial charge in [0.1, 0.15) is 0 Å². The summed E-state index contributed by atoms with van der Waals surface area (Å²) in [5.41, 5.74) is 9.66. The second-order valence-electron chi connectivity index (χ2n) is 5.07. The van der Waals surface area contributed by atoms with Crippen LogP contribution in [0.1, 0.15) is 15.9 Å². The van der Waals surface area contributed by atoms with Crippen molar-refractivity contribution in [2.45, 2.75) is 6.92 Å². The number of nitrogens with two attached hydrogens (primary N) is 1. The molecule has 106 valence electrons. The number of rotatable bonds is 2. The fraction of sp³-hybridized carbons (Fsp3) is 0.125. The molecule has 0 atom stereocenters. The molecule has 3 N–H and O–H groups in total. The number of aromatic nitrogens is 2. The molecule has 0 aliphatic heterocycles. The van der Waals surface area contributed by atoms with Crippen LogP contribution in [0.15, 0.2) is 42.6 Å². The van der Waals surface area contributed by atoms with Gasteiger partial charge in [-0.2, -0.15) is 5.10 Å². The molecule has 2 aromatic carbocycles. The molecule has 1 heterocycles. The molecule has 0 aliphatic carbocycles. The van der Waals surface area contributed by atoms with Gasteiger partial charge in [-0.15, -0.1) is 0 Å². The minimum absolute atomic E-state index is 0.178. The lowest BCUT2D eigenvalue weighted by atomic mass is 10.1. The predicted molar refractivity (Wildman–Crippen MR) is 84.3 cm³/mol. The molecule has 0 fully saturated rings. The number of carbonyl (C=O) groups is 1. The summed E-state index contributed by atoms with van der Waals surface area (Å²) >= 11 is 0. The molecule has 0 radical (unpaired) electrons. The smallest absolute Gasteiger partial charge is 0.255 e. The lowest BCUT2D eigenvalue weighted by molar-refractivity contribution is 0.102. The van der Waals surface area contributed by atoms with E-state index >= 15 is 0 Å². The highest BCUT2D eigenvalue weighted by atomic mass is 16.1. The highest BCUT2D eigenvalue weighted by Crippen LogP contribution is 2.20. The van der Waals surface area contributed by atoms with E-state index in [-0.39, 0.29) is 5.91 Å². The van der Waals surface area contributed by atoms with E-state index in [1.54, 1.807) is 23.0 Å². The molecule has 21 heavy (non-hydrogen) atoms. The normalized spacial score (nSPS) is 10.8. The number of nitrogens with zero attached hydrogens (tertiary/aromatic N) is 2. The van der Waals surface area contributed by atoms with Crippen molar-refractivity contribution in [3.63, 3.8) is 0 Å². The Morgan fingerprint density at radius 1 is 1.24 bits per heavy atom. The molecule has 0 bridgehead atoms. The van der Waals surface area contributed by atoms with E-state index in [0.717, 1.165) is 22.2 Å². The standard InChI is InChI=1S/C16H16N4O/c1-10-3-4-11(7-14(10)17)16(21)19-13-6-5-12-9-18-20(2)15(12)8-13/h3-9H,17H2,1-2H3,(H,19,21). The van der Waals surface area contributed by atoms with E-state index in [2.05, 4.69) is 10.4 Å². The van der Waals surface area contributed by atoms with E-state index in [9.17, 15) is 4.79 Å². The van der Waals surface area contributed by atoms with Gasteiger partial charge in [0.05, 0.1) is 11.7 Å². The van der Waals surface area contributed by atoms with E-state index in [4.69, 9.17) is 5.73 Å². The fourth-order valence-electron chi connectivity index (χ4n) is 2.21. The van der Waals surface area contributed by atoms with Gasteiger partial charge < -0.3 is 11.1 Å². The zero-order valence-corrected chi connectivity index (χ0v) is 11.9. The van der Waals surface area contributed by atoms with Crippen LogP contribution in [0, 0.1) is 6.92 Å². The fourth-order valence-corrected chi connectivity index (χ4v) is 2.21. The molecule has 0 aliphatic rings. The van der Waals surface area contributed by atoms with Crippen LogP contribution >= 0.6 is 0 Å². The van der Waals surface area contributed by atoms with Crippen molar-refractivity contribution < 1.29 is 4.79 Å². The van der Waals surface area contributed by atoms with Gasteiger partial charge in [-0.05, 0) is 42.8 Å². The maximum atomic E-state index is 12.2. The van der Waals surface area contributed by atoms with Crippen molar-refractivity contribution in [1.82, 2.24) is 9.78 Å². The Kier molecular flexibility index (Phi) is 3.10. The van der Waals surface area contributed by atoms with Crippen LogP contribution in [0.5, 0.6) is 0 Å². The Labute approximate surface area is 122 Å². The van der Waals surface area contributed by atoms with Gasteiger partial charge >= 0.3 is 0 Å². The van der Waals surface area contributed by atoms with Crippen LogP contribution in [0.2, 0.25) is 0 Å². The third-order valence-corrected chi connectivity index (χ3v) is 3.55. The third-order valence-electron chi connectivity index (χ3n) is 3.55. The Morgan fingerprint density at radius 2 is 2.05 bits per heavy atom. The summed E-state index contributed by atoms with van der Waals surface area (Å²) in [7, 11) is 1.87. The maximum absolute atomic E-state index is 12.2. The molecule has 1 amide bonds. The van der Waals surface area contributed by atoms with Gasteiger partial charge in [-0.25, -0.2) is 0 Å². The van der Waals surface area contributed by atoms with Crippen LogP contribution < -0.4 is 11.1 Å². The summed E-state index contributed by atoms with van der Waals surface area (Å²) in [6, 6.07) is 11.0. The molecular formula is C16H16N4O. The average Bonchev–Trinajstić information content (AvgIpc) is 2.83. The number of anilines is 2. The zero-order valence-electron chi connectivity index (χ0n) is 11.9. The first-order valence-corrected chi connectivity index (χ1v) is 6.64. The van der Waals surface area contributed by atoms with Crippen molar-refractivity contribution in [2.75, 3.05) is 11.1 Å². The zero-order chi connectivity index (χ0) is 15.0. The number of aryl methyl sites for hydroxylation is 2. The predicted octanol–water partition coefficient (Wildman–Crippen LogP) is 2.72. The molecule has 3 aromatic rings. The first-order valence-electron chi connectivity index (χ1n) is 6.64. The van der Waals surface area contributed by atoms with E-state index in [1.807, 2.05) is 38.2 Å². The molecule has 0 saturated carbocycles. The first kappa shape index (κ1) is 13.2. The number of benzene rings is 2. The number of hydrogen-bond donors (Lipinski definition) is 2. The van der Waals surface area contributed by atoms with Gasteiger partial charge in [0, 0.05) is 29.4 Å². The topological polar surface area (TPSA) is 72.9 Å². The van der Waals surface area contributed by atoms with Crippen molar-refractivity contribution in [3.8, 4) is 0 Å². The Hall–Kier alpha value is -2.82. The van der Waals surface area contributed by atoms with Crippen LogP contribution in [-0.2, 0) is 7.05 Å². The lowest BCUT2D eigenvalue weighted by Gasteiger charge is -2.07. The Balaban J connectivity index is 1.88. The molecule has 0 unspecified atom stereocenters. The number of amides is 1. The molecule has 3 rings (SSSR count). The number of fused-ring (bicyclic) bond motifs is 1. The summed E-state index contributed by atoms with van der Waals surface area (Å²) in [4.78, 5) is 12.2. The summed E-state index contributed by atoms with van der Waals surface area (Å²) in [6.45, 7) is 1.91. The summed E-state index contributed by atoms with van der Waals surface area (Å²) < 4.78 is 1.77. The number of hydrogen-bond acceptors (Lipinski definition) is 3. The minimum atomic E-state index is -0.178. The Bertz CT molecular complexity index is 835. The summed E-state index contributed by atoms with van der Waals surface area (Å²) in [5.74, 6) is -0.178. The summed E-state index contributed by atoms with van der Waals surface area (Å²) in [6.07, 6.45) is 1.79. The molecule has 0 saturated heterocycles. The molecule has 5 nitrogen and oxygen atoms in total. The molecule has 0 spiro atoms. The maximum Gasteiger partial charge on any atom is 0.255 e. The second-order valence-corrected chi connectivity index (χ2v) is 5.07. The van der Waals surface area contributed by atoms with Gasteiger partial charge in [0.25, 0.3) is 5.91 Å². The quantitative estimate of drug-likeness (QED) is 0.709. The van der Waals surface area contributed by atoms with Gasteiger partial charge in [0.15, 0.2) is 0 Å². The van der Waals surface area contributed by atoms with E-state index < -0.39 is 0 Å². The van der Waals surface area contributed by atoms with Crippen molar-refractivity contribution in [2.24, 2.45) is 7.05 Å². The van der Waals surface area contributed by atoms with Crippen molar-refractivity contribution >= 4 is 28.2 Å². The van der Waals surface area contributed by atoms with E-state index in [0.29, 0.717) is 11.3 Å². The van der Waals surface area contributed by atoms with Gasteiger partial charge in [0.2, 0.25) is 0 Å². The molecular weight excluding hydrogens is 264 g/mol. The van der Waals surface area contributed by atoms with Crippen LogP contribution in [0.4, 0.5) is 11.4 Å². The van der Waals surface area contributed by atoms with E-state index in [1.165, 1.54) is 0 Å². The highest BCUT2D eigenvalue weighted by molar-refractivity contribution is 6.05. The monoisotopic (exact) mass is 280 g/mol. The van der Waals surface area contributed by atoms with Crippen LogP contribution in [0.25, 0.3) is 10.9 Å². The molecule has 1 aromatic heterocycles. The SMILES string of the molecule is Cc1ccc(C(=O)Nc2ccc3cnn(C)c3c2)cc1N. The lowest BCUT2D eigenvalue weighted by Crippen LogP contribution is -2.12. The minimum Gasteiger partial charge on any atom is -0.398 e. The van der Waals surface area contributed by atoms with Gasteiger partial charge in [-0.1, -0.05) is 6.07 Å². The number of nitrogen functional groups attached to an aromatic ring is 1. The first-order chi connectivity index (χ1) is 10.0. The number of nitrogens with one attached hydrogen (secondary N) is 1. The average molecular weight is 280 g/mol. The van der Waals surface area contributed by atoms with Crippen molar-refractivity contribution in [1.29, 1.82) is 0 Å². The molecule has 5 heteroatoms. The number of carbonyl (C=O) groups excluding carboxylic acids is 1. The van der Waals surface area contributed by atoms with Gasteiger partial charge in [-0.3, -0.25) is 9.48 Å². The van der Waals surface area contributed by atoms with Crippen molar-refractivity contribution in [3.05, 3.63) is 53.7 Å². The second kappa shape index (κ2) is 4.94.